The SMILES string of the molecule is CC(C)N1CCC1.COC. The van der Waals surface area contributed by atoms with Crippen molar-refractivity contribution in [3.05, 3.63) is 0 Å². The first-order valence-corrected chi connectivity index (χ1v) is 3.86. The average molecular weight is 145 g/mol. The summed E-state index contributed by atoms with van der Waals surface area (Å²) in [7, 11) is 3.25. The standard InChI is InChI=1S/C6H13N.C2H6O/c1-6(2)7-4-3-5-7;1-3-2/h6H,3-5H2,1-2H3;1-2H3. The molecule has 0 bridgehead atoms. The zero-order valence-corrected chi connectivity index (χ0v) is 7.55. The monoisotopic (exact) mass is 145 g/mol. The Morgan fingerprint density at radius 2 is 1.60 bits per heavy atom. The number of hydrogen-bond donors (Lipinski definition) is 0. The van der Waals surface area contributed by atoms with E-state index in [1.165, 1.54) is 19.5 Å². The Labute approximate surface area is 64.2 Å². The maximum atomic E-state index is 4.25. The molecule has 0 atom stereocenters. The fraction of sp³-hybridized carbons (Fsp3) is 1.00. The lowest BCUT2D eigenvalue weighted by Gasteiger charge is -2.34. The highest BCUT2D eigenvalue weighted by atomic mass is 16.4. The molecule has 1 aliphatic heterocycles. The van der Waals surface area contributed by atoms with E-state index < -0.39 is 0 Å². The van der Waals surface area contributed by atoms with Crippen molar-refractivity contribution >= 4 is 0 Å². The fourth-order valence-corrected chi connectivity index (χ4v) is 0.857. The summed E-state index contributed by atoms with van der Waals surface area (Å²) < 4.78 is 4.25. The van der Waals surface area contributed by atoms with E-state index in [1.807, 2.05) is 0 Å². The Kier molecular flexibility index (Phi) is 5.64. The molecule has 0 aromatic heterocycles. The van der Waals surface area contributed by atoms with Gasteiger partial charge in [0.15, 0.2) is 0 Å². The molecule has 0 aromatic rings. The van der Waals surface area contributed by atoms with E-state index in [-0.39, 0.29) is 0 Å². The molecule has 1 fully saturated rings. The van der Waals surface area contributed by atoms with Gasteiger partial charge < -0.3 is 9.64 Å². The third kappa shape index (κ3) is 3.85. The second kappa shape index (κ2) is 5.69. The minimum Gasteiger partial charge on any atom is -0.388 e. The highest BCUT2D eigenvalue weighted by Crippen LogP contribution is 2.08. The van der Waals surface area contributed by atoms with Crippen molar-refractivity contribution in [2.75, 3.05) is 27.3 Å². The van der Waals surface area contributed by atoms with Crippen LogP contribution >= 0.6 is 0 Å². The summed E-state index contributed by atoms with van der Waals surface area (Å²) in [5.74, 6) is 0. The van der Waals surface area contributed by atoms with Crippen LogP contribution < -0.4 is 0 Å². The van der Waals surface area contributed by atoms with Gasteiger partial charge in [0.2, 0.25) is 0 Å². The van der Waals surface area contributed by atoms with Gasteiger partial charge in [-0.15, -0.1) is 0 Å². The largest absolute Gasteiger partial charge is 0.388 e. The quantitative estimate of drug-likeness (QED) is 0.552. The molecule has 1 saturated heterocycles. The minimum atomic E-state index is 0.786. The molecule has 1 aliphatic rings. The van der Waals surface area contributed by atoms with Gasteiger partial charge >= 0.3 is 0 Å². The zero-order chi connectivity index (χ0) is 7.98. The normalized spacial score (nSPS) is 17.7. The van der Waals surface area contributed by atoms with Crippen LogP contribution in [-0.4, -0.2) is 38.3 Å². The van der Waals surface area contributed by atoms with Crippen molar-refractivity contribution in [2.24, 2.45) is 0 Å². The summed E-state index contributed by atoms with van der Waals surface area (Å²) in [6, 6.07) is 0.786. The van der Waals surface area contributed by atoms with Gasteiger partial charge in [-0.25, -0.2) is 0 Å². The molecular formula is C8H19NO. The van der Waals surface area contributed by atoms with Crippen LogP contribution in [-0.2, 0) is 4.74 Å². The highest BCUT2D eigenvalue weighted by molar-refractivity contribution is 4.71. The van der Waals surface area contributed by atoms with E-state index in [4.69, 9.17) is 0 Å². The third-order valence-electron chi connectivity index (χ3n) is 1.62. The Morgan fingerprint density at radius 1 is 1.20 bits per heavy atom. The van der Waals surface area contributed by atoms with Gasteiger partial charge in [0, 0.05) is 20.3 Å². The first kappa shape index (κ1) is 9.92. The molecule has 10 heavy (non-hydrogen) atoms. The predicted octanol–water partition coefficient (Wildman–Crippen LogP) is 1.36. The number of likely N-dealkylation sites (tertiary alicyclic amines) is 1. The minimum absolute atomic E-state index is 0.786. The van der Waals surface area contributed by atoms with Gasteiger partial charge in [-0.05, 0) is 33.4 Å². The molecule has 0 aliphatic carbocycles. The smallest absolute Gasteiger partial charge is 0.0351 e. The first-order chi connectivity index (χ1) is 4.72. The van der Waals surface area contributed by atoms with Gasteiger partial charge in [-0.3, -0.25) is 0 Å². The highest BCUT2D eigenvalue weighted by Gasteiger charge is 2.15. The van der Waals surface area contributed by atoms with Gasteiger partial charge in [-0.1, -0.05) is 0 Å². The number of nitrogens with zero attached hydrogens (tertiary/aromatic N) is 1. The van der Waals surface area contributed by atoms with Crippen LogP contribution in [0.25, 0.3) is 0 Å². The van der Waals surface area contributed by atoms with E-state index >= 15 is 0 Å². The van der Waals surface area contributed by atoms with Gasteiger partial charge in [0.25, 0.3) is 0 Å². The fourth-order valence-electron chi connectivity index (χ4n) is 0.857. The summed E-state index contributed by atoms with van der Waals surface area (Å²) in [4.78, 5) is 2.47. The van der Waals surface area contributed by atoms with Gasteiger partial charge in [0.1, 0.15) is 0 Å². The molecule has 1 heterocycles. The van der Waals surface area contributed by atoms with Crippen LogP contribution in [0.1, 0.15) is 20.3 Å². The molecule has 1 rings (SSSR count). The Bertz CT molecular complexity index is 69.7. The van der Waals surface area contributed by atoms with E-state index in [0.29, 0.717) is 0 Å². The van der Waals surface area contributed by atoms with Crippen molar-refractivity contribution in [1.82, 2.24) is 4.90 Å². The summed E-state index contributed by atoms with van der Waals surface area (Å²) in [6.45, 7) is 7.16. The average Bonchev–Trinajstić information content (AvgIpc) is 1.59. The van der Waals surface area contributed by atoms with Gasteiger partial charge in [-0.2, -0.15) is 0 Å². The first-order valence-electron chi connectivity index (χ1n) is 3.86. The number of methoxy groups -OCH3 is 1. The molecule has 0 amide bonds. The number of rotatable bonds is 1. The molecule has 2 heteroatoms. The molecule has 0 N–H and O–H groups in total. The molecule has 0 spiro atoms. The maximum Gasteiger partial charge on any atom is 0.0351 e. The summed E-state index contributed by atoms with van der Waals surface area (Å²) in [6.07, 6.45) is 1.41. The number of hydrogen-bond acceptors (Lipinski definition) is 2. The lowest BCUT2D eigenvalue weighted by Crippen LogP contribution is -2.41. The van der Waals surface area contributed by atoms with E-state index in [9.17, 15) is 0 Å². The maximum absolute atomic E-state index is 4.25. The topological polar surface area (TPSA) is 12.5 Å². The van der Waals surface area contributed by atoms with Crippen molar-refractivity contribution in [1.29, 1.82) is 0 Å². The van der Waals surface area contributed by atoms with Crippen LogP contribution in [0.3, 0.4) is 0 Å². The predicted molar refractivity (Wildman–Crippen MR) is 44.3 cm³/mol. The molecule has 62 valence electrons. The Balaban J connectivity index is 0.000000236. The lowest BCUT2D eigenvalue weighted by atomic mass is 10.2. The second-order valence-electron chi connectivity index (χ2n) is 2.89. The van der Waals surface area contributed by atoms with Crippen molar-refractivity contribution < 1.29 is 4.74 Å². The molecule has 2 nitrogen and oxygen atoms in total. The zero-order valence-electron chi connectivity index (χ0n) is 7.55. The van der Waals surface area contributed by atoms with E-state index in [0.717, 1.165) is 6.04 Å². The van der Waals surface area contributed by atoms with E-state index in [1.54, 1.807) is 14.2 Å². The van der Waals surface area contributed by atoms with Crippen LogP contribution in [0.5, 0.6) is 0 Å². The Hall–Kier alpha value is -0.0800. The van der Waals surface area contributed by atoms with Gasteiger partial charge in [0.05, 0.1) is 0 Å². The molecular weight excluding hydrogens is 126 g/mol. The lowest BCUT2D eigenvalue weighted by molar-refractivity contribution is 0.138. The van der Waals surface area contributed by atoms with Crippen molar-refractivity contribution in [3.63, 3.8) is 0 Å². The molecule has 0 radical (unpaired) electrons. The molecule has 0 unspecified atom stereocenters. The summed E-state index contributed by atoms with van der Waals surface area (Å²) in [5, 5.41) is 0. The van der Waals surface area contributed by atoms with Crippen molar-refractivity contribution in [2.45, 2.75) is 26.3 Å². The number of ether oxygens (including phenoxy) is 1. The summed E-state index contributed by atoms with van der Waals surface area (Å²) in [5.41, 5.74) is 0. The molecule has 0 saturated carbocycles. The van der Waals surface area contributed by atoms with E-state index in [2.05, 4.69) is 23.5 Å². The second-order valence-corrected chi connectivity index (χ2v) is 2.89. The van der Waals surface area contributed by atoms with Crippen molar-refractivity contribution in [3.8, 4) is 0 Å². The van der Waals surface area contributed by atoms with Crippen LogP contribution in [0, 0.1) is 0 Å². The summed E-state index contributed by atoms with van der Waals surface area (Å²) >= 11 is 0. The Morgan fingerprint density at radius 3 is 1.60 bits per heavy atom. The van der Waals surface area contributed by atoms with Crippen LogP contribution in [0.4, 0.5) is 0 Å². The third-order valence-corrected chi connectivity index (χ3v) is 1.62. The van der Waals surface area contributed by atoms with Crippen LogP contribution in [0.15, 0.2) is 0 Å². The van der Waals surface area contributed by atoms with Crippen LogP contribution in [0.2, 0.25) is 0 Å². The molecule has 0 aromatic carbocycles.